The Labute approximate surface area is 125 Å². The van der Waals surface area contributed by atoms with Gasteiger partial charge in [0.15, 0.2) is 0 Å². The predicted octanol–water partition coefficient (Wildman–Crippen LogP) is 1.70. The molecule has 21 heavy (non-hydrogen) atoms. The van der Waals surface area contributed by atoms with Crippen molar-refractivity contribution >= 4 is 12.0 Å². The van der Waals surface area contributed by atoms with Gasteiger partial charge in [-0.15, -0.1) is 0 Å². The third kappa shape index (κ3) is 3.87. The monoisotopic (exact) mass is 298 g/mol. The molecule has 0 aromatic rings. The molecule has 6 nitrogen and oxygen atoms in total. The Balaban J connectivity index is 1.62. The molecule has 0 aromatic heterocycles. The van der Waals surface area contributed by atoms with Crippen molar-refractivity contribution in [3.63, 3.8) is 0 Å². The molecule has 0 radical (unpaired) electrons. The molecular weight excluding hydrogens is 272 g/mol. The molecule has 1 saturated carbocycles. The van der Waals surface area contributed by atoms with Gasteiger partial charge >= 0.3 is 12.0 Å². The molecule has 0 spiro atoms. The van der Waals surface area contributed by atoms with Crippen LogP contribution >= 0.6 is 0 Å². The van der Waals surface area contributed by atoms with Gasteiger partial charge in [0.1, 0.15) is 0 Å². The summed E-state index contributed by atoms with van der Waals surface area (Å²) < 4.78 is 5.51. The van der Waals surface area contributed by atoms with Gasteiger partial charge in [0, 0.05) is 26.2 Å². The van der Waals surface area contributed by atoms with Gasteiger partial charge in [0.25, 0.3) is 0 Å². The van der Waals surface area contributed by atoms with Crippen molar-refractivity contribution in [2.24, 2.45) is 11.3 Å². The van der Waals surface area contributed by atoms with Crippen LogP contribution in [-0.4, -0.2) is 54.4 Å². The number of aliphatic carboxylic acids is 1. The fraction of sp³-hybridized carbons (Fsp3) is 0.867. The summed E-state index contributed by atoms with van der Waals surface area (Å²) in [6.45, 7) is 5.95. The fourth-order valence-electron chi connectivity index (χ4n) is 3.09. The highest BCUT2D eigenvalue weighted by atomic mass is 16.5. The zero-order chi connectivity index (χ0) is 15.5. The SMILES string of the molecule is CCOC1CC(CCNC(=O)N2CCC(C)(C(=O)O)C2)C1. The number of carboxylic acid groups (broad SMARTS) is 1. The predicted molar refractivity (Wildman–Crippen MR) is 78.1 cm³/mol. The number of nitrogens with zero attached hydrogens (tertiary/aromatic N) is 1. The van der Waals surface area contributed by atoms with Crippen molar-refractivity contribution in [3.05, 3.63) is 0 Å². The quantitative estimate of drug-likeness (QED) is 0.782. The van der Waals surface area contributed by atoms with Gasteiger partial charge in [-0.25, -0.2) is 4.79 Å². The summed E-state index contributed by atoms with van der Waals surface area (Å²) in [5, 5.41) is 12.1. The van der Waals surface area contributed by atoms with Crippen LogP contribution in [0, 0.1) is 11.3 Å². The number of urea groups is 1. The van der Waals surface area contributed by atoms with E-state index < -0.39 is 11.4 Å². The molecule has 2 N–H and O–H groups in total. The number of hydrogen-bond acceptors (Lipinski definition) is 3. The molecule has 1 saturated heterocycles. The second-order valence-corrected chi connectivity index (χ2v) is 6.47. The molecule has 120 valence electrons. The lowest BCUT2D eigenvalue weighted by Crippen LogP contribution is -2.42. The minimum Gasteiger partial charge on any atom is -0.481 e. The molecule has 1 unspecified atom stereocenters. The summed E-state index contributed by atoms with van der Waals surface area (Å²) in [7, 11) is 0. The first-order valence-corrected chi connectivity index (χ1v) is 7.82. The topological polar surface area (TPSA) is 78.9 Å². The fourth-order valence-corrected chi connectivity index (χ4v) is 3.09. The number of nitrogens with one attached hydrogen (secondary N) is 1. The first-order valence-electron chi connectivity index (χ1n) is 7.82. The van der Waals surface area contributed by atoms with Crippen LogP contribution in [0.5, 0.6) is 0 Å². The van der Waals surface area contributed by atoms with E-state index in [0.29, 0.717) is 38.1 Å². The number of ether oxygens (including phenoxy) is 1. The lowest BCUT2D eigenvalue weighted by Gasteiger charge is -2.35. The maximum Gasteiger partial charge on any atom is 0.317 e. The van der Waals surface area contributed by atoms with Crippen LogP contribution in [0.1, 0.15) is 39.5 Å². The molecule has 1 aliphatic carbocycles. The number of carboxylic acids is 1. The second kappa shape index (κ2) is 6.64. The van der Waals surface area contributed by atoms with E-state index in [1.165, 1.54) is 0 Å². The minimum atomic E-state index is -0.825. The maximum atomic E-state index is 12.0. The van der Waals surface area contributed by atoms with E-state index >= 15 is 0 Å². The van der Waals surface area contributed by atoms with E-state index in [0.717, 1.165) is 25.9 Å². The van der Waals surface area contributed by atoms with Crippen molar-refractivity contribution in [2.45, 2.75) is 45.6 Å². The first kappa shape index (κ1) is 16.1. The smallest absolute Gasteiger partial charge is 0.317 e. The molecule has 1 atom stereocenters. The molecule has 2 aliphatic rings. The Morgan fingerprint density at radius 3 is 2.71 bits per heavy atom. The summed E-state index contributed by atoms with van der Waals surface area (Å²) in [6.07, 6.45) is 4.08. The lowest BCUT2D eigenvalue weighted by atomic mass is 9.80. The van der Waals surface area contributed by atoms with Crippen LogP contribution in [0.4, 0.5) is 4.79 Å². The average Bonchev–Trinajstić information content (AvgIpc) is 2.80. The third-order valence-corrected chi connectivity index (χ3v) is 4.70. The van der Waals surface area contributed by atoms with Crippen molar-refractivity contribution < 1.29 is 19.4 Å². The molecule has 2 fully saturated rings. The second-order valence-electron chi connectivity index (χ2n) is 6.47. The highest BCUT2D eigenvalue weighted by Crippen LogP contribution is 2.32. The van der Waals surface area contributed by atoms with Crippen molar-refractivity contribution in [1.29, 1.82) is 0 Å². The van der Waals surface area contributed by atoms with E-state index in [-0.39, 0.29) is 6.03 Å². The molecule has 2 amide bonds. The summed E-state index contributed by atoms with van der Waals surface area (Å²) in [4.78, 5) is 24.8. The van der Waals surface area contributed by atoms with Crippen molar-refractivity contribution in [3.8, 4) is 0 Å². The lowest BCUT2D eigenvalue weighted by molar-refractivity contribution is -0.146. The standard InChI is InChI=1S/C15H26N2O4/c1-3-21-12-8-11(9-12)4-6-16-14(20)17-7-5-15(2,10-17)13(18)19/h11-12H,3-10H2,1-2H3,(H,16,20)(H,18,19). The molecule has 1 heterocycles. The summed E-state index contributed by atoms with van der Waals surface area (Å²) in [6, 6.07) is -0.138. The normalized spacial score (nSPS) is 31.8. The van der Waals surface area contributed by atoms with Gasteiger partial charge in [-0.2, -0.15) is 0 Å². The van der Waals surface area contributed by atoms with Gasteiger partial charge in [0.2, 0.25) is 0 Å². The number of rotatable bonds is 6. The maximum absolute atomic E-state index is 12.0. The highest BCUT2D eigenvalue weighted by molar-refractivity contribution is 5.79. The number of carbonyl (C=O) groups is 2. The van der Waals surface area contributed by atoms with E-state index in [1.54, 1.807) is 11.8 Å². The Morgan fingerprint density at radius 1 is 1.43 bits per heavy atom. The van der Waals surface area contributed by atoms with E-state index in [4.69, 9.17) is 9.84 Å². The van der Waals surface area contributed by atoms with Crippen LogP contribution in [0.25, 0.3) is 0 Å². The zero-order valence-electron chi connectivity index (χ0n) is 12.9. The van der Waals surface area contributed by atoms with Gasteiger partial charge < -0.3 is 20.1 Å². The number of amides is 2. The summed E-state index contributed by atoms with van der Waals surface area (Å²) in [5.41, 5.74) is -0.796. The Kier molecular flexibility index (Phi) is 5.08. The van der Waals surface area contributed by atoms with Gasteiger partial charge in [-0.1, -0.05) is 0 Å². The molecule has 6 heteroatoms. The van der Waals surface area contributed by atoms with Crippen LogP contribution in [0.3, 0.4) is 0 Å². The van der Waals surface area contributed by atoms with Crippen molar-refractivity contribution in [1.82, 2.24) is 10.2 Å². The molecule has 0 aromatic carbocycles. The minimum absolute atomic E-state index is 0.138. The highest BCUT2D eigenvalue weighted by Gasteiger charge is 2.42. The number of hydrogen-bond donors (Lipinski definition) is 2. The van der Waals surface area contributed by atoms with Gasteiger partial charge in [-0.05, 0) is 45.4 Å². The van der Waals surface area contributed by atoms with Crippen LogP contribution < -0.4 is 5.32 Å². The number of likely N-dealkylation sites (tertiary alicyclic amines) is 1. The first-order chi connectivity index (χ1) is 9.94. The average molecular weight is 298 g/mol. The third-order valence-electron chi connectivity index (χ3n) is 4.70. The summed E-state index contributed by atoms with van der Waals surface area (Å²) in [5.74, 6) is -0.182. The van der Waals surface area contributed by atoms with E-state index in [2.05, 4.69) is 5.32 Å². The van der Waals surface area contributed by atoms with Crippen LogP contribution in [0.2, 0.25) is 0 Å². The molecule has 2 rings (SSSR count). The van der Waals surface area contributed by atoms with E-state index in [9.17, 15) is 9.59 Å². The molecular formula is C15H26N2O4. The largest absolute Gasteiger partial charge is 0.481 e. The van der Waals surface area contributed by atoms with Crippen LogP contribution in [0.15, 0.2) is 0 Å². The van der Waals surface area contributed by atoms with E-state index in [1.807, 2.05) is 6.92 Å². The Bertz CT molecular complexity index is 395. The molecule has 0 bridgehead atoms. The van der Waals surface area contributed by atoms with Crippen molar-refractivity contribution in [2.75, 3.05) is 26.2 Å². The van der Waals surface area contributed by atoms with Crippen LogP contribution in [-0.2, 0) is 9.53 Å². The Hall–Kier alpha value is -1.30. The number of carbonyl (C=O) groups excluding carboxylic acids is 1. The molecule has 1 aliphatic heterocycles. The summed E-state index contributed by atoms with van der Waals surface area (Å²) >= 11 is 0. The van der Waals surface area contributed by atoms with Gasteiger partial charge in [-0.3, -0.25) is 4.79 Å². The Morgan fingerprint density at radius 2 is 2.14 bits per heavy atom. The van der Waals surface area contributed by atoms with Gasteiger partial charge in [0.05, 0.1) is 11.5 Å². The zero-order valence-corrected chi connectivity index (χ0v) is 12.9.